The Morgan fingerprint density at radius 2 is 1.50 bits per heavy atom. The zero-order valence-electron chi connectivity index (χ0n) is 16.6. The van der Waals surface area contributed by atoms with Crippen molar-refractivity contribution >= 4 is 12.2 Å². The summed E-state index contributed by atoms with van der Waals surface area (Å²) in [6.07, 6.45) is 5.33. The summed E-state index contributed by atoms with van der Waals surface area (Å²) < 4.78 is 0. The molecule has 0 saturated heterocycles. The zero-order chi connectivity index (χ0) is 20.2. The lowest BCUT2D eigenvalue weighted by Gasteiger charge is -2.55. The second-order valence-corrected chi connectivity index (χ2v) is 8.15. The molecule has 4 unspecified atom stereocenters. The average molecular weight is 374 g/mol. The van der Waals surface area contributed by atoms with Crippen LogP contribution in [0, 0.1) is 11.8 Å². The van der Waals surface area contributed by atoms with Crippen molar-refractivity contribution in [2.45, 2.75) is 50.6 Å². The monoisotopic (exact) mass is 374 g/mol. The summed E-state index contributed by atoms with van der Waals surface area (Å²) in [5.41, 5.74) is 0.399. The molecule has 1 fully saturated rings. The molecule has 4 atom stereocenters. The molecule has 4 nitrogen and oxygen atoms in total. The molecule has 0 aliphatic heterocycles. The Morgan fingerprint density at radius 1 is 0.929 bits per heavy atom. The van der Waals surface area contributed by atoms with Gasteiger partial charge in [0.1, 0.15) is 5.54 Å². The van der Waals surface area contributed by atoms with E-state index in [1.807, 2.05) is 54.6 Å². The summed E-state index contributed by atoms with van der Waals surface area (Å²) in [7, 11) is 0. The second kappa shape index (κ2) is 8.06. The molecule has 1 saturated carbocycles. The van der Waals surface area contributed by atoms with Gasteiger partial charge in [0, 0.05) is 5.41 Å². The SMILES string of the molecule is CC(C)C1CCC(C)(c2ccccc2)C(N=C=O)(c2ccccc2)C1N=C=O. The van der Waals surface area contributed by atoms with Crippen molar-refractivity contribution in [1.29, 1.82) is 0 Å². The number of carbonyl (C=O) groups excluding carboxylic acids is 2. The van der Waals surface area contributed by atoms with E-state index < -0.39 is 17.0 Å². The third kappa shape index (κ3) is 3.05. The number of hydrogen-bond acceptors (Lipinski definition) is 4. The van der Waals surface area contributed by atoms with Crippen molar-refractivity contribution < 1.29 is 9.59 Å². The maximum absolute atomic E-state index is 11.8. The Morgan fingerprint density at radius 3 is 2.00 bits per heavy atom. The van der Waals surface area contributed by atoms with E-state index in [1.165, 1.54) is 0 Å². The lowest BCUT2D eigenvalue weighted by atomic mass is 9.51. The first-order valence-corrected chi connectivity index (χ1v) is 9.78. The number of isocyanates is 2. The van der Waals surface area contributed by atoms with Gasteiger partial charge in [0.15, 0.2) is 0 Å². The zero-order valence-corrected chi connectivity index (χ0v) is 16.6. The molecule has 144 valence electrons. The Bertz CT molecular complexity index is 899. The van der Waals surface area contributed by atoms with Crippen LogP contribution < -0.4 is 0 Å². The molecule has 2 aromatic carbocycles. The van der Waals surface area contributed by atoms with E-state index in [0.29, 0.717) is 0 Å². The largest absolute Gasteiger partial charge is 0.235 e. The fraction of sp³-hybridized carbons (Fsp3) is 0.417. The average Bonchev–Trinajstić information content (AvgIpc) is 2.72. The van der Waals surface area contributed by atoms with Gasteiger partial charge in [-0.3, -0.25) is 0 Å². The van der Waals surface area contributed by atoms with Crippen molar-refractivity contribution in [3.05, 3.63) is 71.8 Å². The second-order valence-electron chi connectivity index (χ2n) is 8.15. The van der Waals surface area contributed by atoms with Crippen LogP contribution in [0.25, 0.3) is 0 Å². The minimum Gasteiger partial charge on any atom is -0.211 e. The van der Waals surface area contributed by atoms with Gasteiger partial charge in [-0.2, -0.15) is 9.98 Å². The quantitative estimate of drug-likeness (QED) is 0.549. The van der Waals surface area contributed by atoms with Gasteiger partial charge in [-0.05, 0) is 35.8 Å². The minimum atomic E-state index is -1.03. The van der Waals surface area contributed by atoms with Crippen LogP contribution in [0.2, 0.25) is 0 Å². The van der Waals surface area contributed by atoms with Crippen LogP contribution in [-0.2, 0) is 20.5 Å². The summed E-state index contributed by atoms with van der Waals surface area (Å²) in [6, 6.07) is 19.3. The number of hydrogen-bond donors (Lipinski definition) is 0. The Labute approximate surface area is 166 Å². The molecule has 28 heavy (non-hydrogen) atoms. The molecule has 2 aromatic rings. The summed E-state index contributed by atoms with van der Waals surface area (Å²) in [5, 5.41) is 0. The van der Waals surface area contributed by atoms with Gasteiger partial charge in [0.05, 0.1) is 6.04 Å². The van der Waals surface area contributed by atoms with E-state index in [-0.39, 0.29) is 11.8 Å². The highest BCUT2D eigenvalue weighted by molar-refractivity contribution is 5.48. The lowest BCUT2D eigenvalue weighted by Crippen LogP contribution is -2.59. The van der Waals surface area contributed by atoms with E-state index in [9.17, 15) is 9.59 Å². The topological polar surface area (TPSA) is 58.9 Å². The molecule has 0 bridgehead atoms. The van der Waals surface area contributed by atoms with Crippen molar-refractivity contribution in [3.8, 4) is 0 Å². The number of nitrogens with zero attached hydrogens (tertiary/aromatic N) is 2. The molecule has 1 aliphatic rings. The third-order valence-corrected chi connectivity index (χ3v) is 6.55. The van der Waals surface area contributed by atoms with Gasteiger partial charge in [-0.15, -0.1) is 0 Å². The van der Waals surface area contributed by atoms with Crippen LogP contribution >= 0.6 is 0 Å². The smallest absolute Gasteiger partial charge is 0.211 e. The summed E-state index contributed by atoms with van der Waals surface area (Å²) in [4.78, 5) is 32.0. The normalized spacial score (nSPS) is 29.6. The number of benzene rings is 2. The van der Waals surface area contributed by atoms with E-state index in [2.05, 4.69) is 42.9 Å². The molecule has 0 radical (unpaired) electrons. The van der Waals surface area contributed by atoms with Gasteiger partial charge in [-0.25, -0.2) is 9.59 Å². The minimum absolute atomic E-state index is 0.107. The first-order valence-electron chi connectivity index (χ1n) is 9.78. The molecule has 1 aliphatic carbocycles. The van der Waals surface area contributed by atoms with Crippen LogP contribution in [0.4, 0.5) is 0 Å². The van der Waals surface area contributed by atoms with E-state index in [4.69, 9.17) is 0 Å². The molecule has 3 rings (SSSR count). The summed E-state index contributed by atoms with van der Waals surface area (Å²) >= 11 is 0. The van der Waals surface area contributed by atoms with Crippen molar-refractivity contribution in [2.24, 2.45) is 21.8 Å². The van der Waals surface area contributed by atoms with Crippen molar-refractivity contribution in [3.63, 3.8) is 0 Å². The molecule has 4 heteroatoms. The van der Waals surface area contributed by atoms with Crippen LogP contribution in [-0.4, -0.2) is 18.2 Å². The van der Waals surface area contributed by atoms with Crippen LogP contribution in [0.3, 0.4) is 0 Å². The first-order chi connectivity index (χ1) is 13.5. The van der Waals surface area contributed by atoms with Gasteiger partial charge >= 0.3 is 0 Å². The van der Waals surface area contributed by atoms with Gasteiger partial charge in [0.25, 0.3) is 0 Å². The Balaban J connectivity index is 2.40. The van der Waals surface area contributed by atoms with Crippen molar-refractivity contribution in [2.75, 3.05) is 0 Å². The molecular formula is C24H26N2O2. The molecule has 0 amide bonds. The fourth-order valence-corrected chi connectivity index (χ4v) is 5.06. The molecule has 0 spiro atoms. The molecule has 0 heterocycles. The highest BCUT2D eigenvalue weighted by Gasteiger charge is 2.61. The number of aliphatic imine (C=N–C) groups is 2. The van der Waals surface area contributed by atoms with Gasteiger partial charge < -0.3 is 0 Å². The highest BCUT2D eigenvalue weighted by atomic mass is 16.1. The first kappa shape index (κ1) is 19.9. The van der Waals surface area contributed by atoms with E-state index in [0.717, 1.165) is 24.0 Å². The fourth-order valence-electron chi connectivity index (χ4n) is 5.06. The van der Waals surface area contributed by atoms with E-state index in [1.54, 1.807) is 6.08 Å². The standard InChI is InChI=1S/C24H26N2O2/c1-18(2)21-14-15-23(3,19-10-6-4-7-11-19)24(26-17-28,22(21)25-16-27)20-12-8-5-9-13-20/h4-13,18,21-22H,14-15H2,1-3H3. The maximum Gasteiger partial charge on any atom is 0.235 e. The third-order valence-electron chi connectivity index (χ3n) is 6.55. The molecule has 0 N–H and O–H groups in total. The summed E-state index contributed by atoms with van der Waals surface area (Å²) in [5.74, 6) is 0.392. The van der Waals surface area contributed by atoms with Crippen LogP contribution in [0.15, 0.2) is 70.6 Å². The van der Waals surface area contributed by atoms with Crippen molar-refractivity contribution in [1.82, 2.24) is 0 Å². The lowest BCUT2D eigenvalue weighted by molar-refractivity contribution is 0.0667. The molecular weight excluding hydrogens is 348 g/mol. The predicted molar refractivity (Wildman–Crippen MR) is 110 cm³/mol. The van der Waals surface area contributed by atoms with Gasteiger partial charge in [-0.1, -0.05) is 81.4 Å². The Kier molecular flexibility index (Phi) is 5.74. The molecule has 0 aromatic heterocycles. The maximum atomic E-state index is 11.8. The van der Waals surface area contributed by atoms with Crippen LogP contribution in [0.1, 0.15) is 44.7 Å². The number of rotatable bonds is 5. The van der Waals surface area contributed by atoms with Gasteiger partial charge in [0.2, 0.25) is 12.2 Å². The summed E-state index contributed by atoms with van der Waals surface area (Å²) in [6.45, 7) is 6.38. The predicted octanol–water partition coefficient (Wildman–Crippen LogP) is 4.95. The Hall–Kier alpha value is -2.80. The van der Waals surface area contributed by atoms with Crippen LogP contribution in [0.5, 0.6) is 0 Å². The highest BCUT2D eigenvalue weighted by Crippen LogP contribution is 2.58. The van der Waals surface area contributed by atoms with E-state index >= 15 is 0 Å².